The molecule has 23 heavy (non-hydrogen) atoms. The van der Waals surface area contributed by atoms with Crippen molar-refractivity contribution >= 4 is 28.8 Å². The largest absolute Gasteiger partial charge is 0.477 e. The van der Waals surface area contributed by atoms with Gasteiger partial charge in [-0.1, -0.05) is 36.8 Å². The second-order valence-electron chi connectivity index (χ2n) is 5.80. The standard InChI is InChI=1S/C18H19NO3S/c20-15(12-7-4-8-12)9-10-19-14-11-16(23-17(14)18(21)22)13-5-2-1-3-6-13/h1-3,5-6,11-12,19H,4,7-10H2,(H,21,22). The third kappa shape index (κ3) is 3.62. The van der Waals surface area contributed by atoms with Crippen LogP contribution < -0.4 is 5.32 Å². The highest BCUT2D eigenvalue weighted by Crippen LogP contribution is 2.35. The monoisotopic (exact) mass is 329 g/mol. The second-order valence-corrected chi connectivity index (χ2v) is 6.85. The number of thiophene rings is 1. The minimum Gasteiger partial charge on any atom is -0.477 e. The maximum atomic E-state index is 11.9. The fraction of sp³-hybridized carbons (Fsp3) is 0.333. The summed E-state index contributed by atoms with van der Waals surface area (Å²) < 4.78 is 0. The van der Waals surface area contributed by atoms with Crippen molar-refractivity contribution in [1.82, 2.24) is 0 Å². The van der Waals surface area contributed by atoms with Crippen LogP contribution in [0.2, 0.25) is 0 Å². The molecule has 120 valence electrons. The van der Waals surface area contributed by atoms with Crippen molar-refractivity contribution in [2.24, 2.45) is 5.92 Å². The molecule has 1 fully saturated rings. The molecular formula is C18H19NO3S. The third-order valence-corrected chi connectivity index (χ3v) is 5.40. The zero-order valence-corrected chi connectivity index (χ0v) is 13.6. The maximum Gasteiger partial charge on any atom is 0.348 e. The van der Waals surface area contributed by atoms with Crippen LogP contribution in [0.15, 0.2) is 36.4 Å². The van der Waals surface area contributed by atoms with Crippen LogP contribution in [0.5, 0.6) is 0 Å². The molecule has 0 amide bonds. The van der Waals surface area contributed by atoms with E-state index in [0.29, 0.717) is 29.3 Å². The molecular weight excluding hydrogens is 310 g/mol. The van der Waals surface area contributed by atoms with E-state index in [-0.39, 0.29) is 5.92 Å². The molecule has 0 bridgehead atoms. The summed E-state index contributed by atoms with van der Waals surface area (Å²) in [5.74, 6) is -0.415. The Balaban J connectivity index is 1.69. The predicted molar refractivity (Wildman–Crippen MR) is 92.2 cm³/mol. The Morgan fingerprint density at radius 1 is 1.22 bits per heavy atom. The molecule has 4 nitrogen and oxygen atoms in total. The number of hydrogen-bond acceptors (Lipinski definition) is 4. The molecule has 2 aromatic rings. The van der Waals surface area contributed by atoms with Crippen LogP contribution in [0.4, 0.5) is 5.69 Å². The van der Waals surface area contributed by atoms with Crippen molar-refractivity contribution < 1.29 is 14.7 Å². The molecule has 1 saturated carbocycles. The Labute approximate surface area is 139 Å². The van der Waals surface area contributed by atoms with Gasteiger partial charge in [-0.15, -0.1) is 11.3 Å². The summed E-state index contributed by atoms with van der Waals surface area (Å²) in [6.07, 6.45) is 3.63. The van der Waals surface area contributed by atoms with Crippen molar-refractivity contribution in [1.29, 1.82) is 0 Å². The van der Waals surface area contributed by atoms with Crippen molar-refractivity contribution in [3.8, 4) is 10.4 Å². The summed E-state index contributed by atoms with van der Waals surface area (Å²) in [6, 6.07) is 11.6. The fourth-order valence-corrected chi connectivity index (χ4v) is 3.66. The zero-order chi connectivity index (χ0) is 16.2. The van der Waals surface area contributed by atoms with Crippen LogP contribution in [0.1, 0.15) is 35.4 Å². The van der Waals surface area contributed by atoms with E-state index in [1.807, 2.05) is 36.4 Å². The van der Waals surface area contributed by atoms with Crippen molar-refractivity contribution in [3.05, 3.63) is 41.3 Å². The summed E-state index contributed by atoms with van der Waals surface area (Å²) in [5.41, 5.74) is 1.60. The first kappa shape index (κ1) is 15.7. The van der Waals surface area contributed by atoms with E-state index < -0.39 is 5.97 Å². The van der Waals surface area contributed by atoms with Gasteiger partial charge < -0.3 is 10.4 Å². The topological polar surface area (TPSA) is 66.4 Å². The summed E-state index contributed by atoms with van der Waals surface area (Å²) in [5, 5.41) is 12.5. The first-order valence-corrected chi connectivity index (χ1v) is 8.66. The van der Waals surface area contributed by atoms with Crippen molar-refractivity contribution in [3.63, 3.8) is 0 Å². The van der Waals surface area contributed by atoms with Crippen molar-refractivity contribution in [2.45, 2.75) is 25.7 Å². The zero-order valence-electron chi connectivity index (χ0n) is 12.7. The molecule has 0 aliphatic heterocycles. The van der Waals surface area contributed by atoms with E-state index >= 15 is 0 Å². The molecule has 2 N–H and O–H groups in total. The molecule has 1 aliphatic rings. The number of hydrogen-bond donors (Lipinski definition) is 2. The Kier molecular flexibility index (Phi) is 4.76. The van der Waals surface area contributed by atoms with Gasteiger partial charge in [-0.3, -0.25) is 4.79 Å². The number of carbonyl (C=O) groups excluding carboxylic acids is 1. The number of rotatable bonds is 7. The minimum atomic E-state index is -0.940. The highest BCUT2D eigenvalue weighted by molar-refractivity contribution is 7.18. The van der Waals surface area contributed by atoms with Crippen LogP contribution in [-0.2, 0) is 4.79 Å². The van der Waals surface area contributed by atoms with Gasteiger partial charge in [-0.2, -0.15) is 0 Å². The van der Waals surface area contributed by atoms with Crippen LogP contribution in [0.3, 0.4) is 0 Å². The molecule has 1 heterocycles. The van der Waals surface area contributed by atoms with E-state index in [1.165, 1.54) is 11.3 Å². The van der Waals surface area contributed by atoms with E-state index in [4.69, 9.17) is 0 Å². The molecule has 0 radical (unpaired) electrons. The number of Topliss-reactive ketones (excluding diaryl/α,β-unsaturated/α-hetero) is 1. The SMILES string of the molecule is O=C(O)c1sc(-c2ccccc2)cc1NCCC(=O)C1CCC1. The molecule has 0 spiro atoms. The number of benzene rings is 1. The maximum absolute atomic E-state index is 11.9. The fourth-order valence-electron chi connectivity index (χ4n) is 2.68. The third-order valence-electron chi connectivity index (χ3n) is 4.23. The Hall–Kier alpha value is -2.14. The van der Waals surface area contributed by atoms with E-state index in [0.717, 1.165) is 29.7 Å². The highest BCUT2D eigenvalue weighted by atomic mass is 32.1. The number of nitrogens with one attached hydrogen (secondary N) is 1. The summed E-state index contributed by atoms with van der Waals surface area (Å²) in [6.45, 7) is 0.487. The lowest BCUT2D eigenvalue weighted by Gasteiger charge is -2.23. The molecule has 5 heteroatoms. The van der Waals surface area contributed by atoms with E-state index in [1.54, 1.807) is 0 Å². The molecule has 0 saturated heterocycles. The lowest BCUT2D eigenvalue weighted by molar-refractivity contribution is -0.124. The Bertz CT molecular complexity index is 704. The van der Waals surface area contributed by atoms with Crippen LogP contribution in [-0.4, -0.2) is 23.4 Å². The van der Waals surface area contributed by atoms with Gasteiger partial charge in [0.05, 0.1) is 5.69 Å². The smallest absolute Gasteiger partial charge is 0.348 e. The normalized spacial score (nSPS) is 14.3. The first-order chi connectivity index (χ1) is 11.1. The van der Waals surface area contributed by atoms with Crippen LogP contribution >= 0.6 is 11.3 Å². The van der Waals surface area contributed by atoms with Gasteiger partial charge in [0, 0.05) is 23.8 Å². The van der Waals surface area contributed by atoms with Gasteiger partial charge in [0.1, 0.15) is 10.7 Å². The molecule has 0 unspecified atom stereocenters. The number of carboxylic acids is 1. The average Bonchev–Trinajstić information content (AvgIpc) is 2.91. The van der Waals surface area contributed by atoms with Gasteiger partial charge in [0.25, 0.3) is 0 Å². The molecule has 3 rings (SSSR count). The van der Waals surface area contributed by atoms with Gasteiger partial charge in [0.15, 0.2) is 0 Å². The predicted octanol–water partition coefficient (Wildman–Crippen LogP) is 4.28. The quantitative estimate of drug-likeness (QED) is 0.795. The molecule has 1 aromatic heterocycles. The molecule has 1 aliphatic carbocycles. The van der Waals surface area contributed by atoms with Gasteiger partial charge in [0.2, 0.25) is 0 Å². The van der Waals surface area contributed by atoms with Gasteiger partial charge in [-0.25, -0.2) is 4.79 Å². The number of carbonyl (C=O) groups is 2. The Morgan fingerprint density at radius 3 is 2.57 bits per heavy atom. The van der Waals surface area contributed by atoms with Gasteiger partial charge in [-0.05, 0) is 24.5 Å². The number of aromatic carboxylic acids is 1. The molecule has 0 atom stereocenters. The molecule has 1 aromatic carbocycles. The average molecular weight is 329 g/mol. The van der Waals surface area contributed by atoms with Crippen LogP contribution in [0, 0.1) is 5.92 Å². The number of ketones is 1. The number of carboxylic acid groups (broad SMARTS) is 1. The summed E-state index contributed by atoms with van der Waals surface area (Å²) >= 11 is 1.25. The van der Waals surface area contributed by atoms with E-state index in [2.05, 4.69) is 5.32 Å². The second kappa shape index (κ2) is 6.96. The van der Waals surface area contributed by atoms with Crippen LogP contribution in [0.25, 0.3) is 10.4 Å². The highest BCUT2D eigenvalue weighted by Gasteiger charge is 2.24. The lowest BCUT2D eigenvalue weighted by atomic mass is 9.81. The minimum absolute atomic E-state index is 0.234. The first-order valence-electron chi connectivity index (χ1n) is 7.84. The summed E-state index contributed by atoms with van der Waals surface area (Å²) in [7, 11) is 0. The van der Waals surface area contributed by atoms with Gasteiger partial charge >= 0.3 is 5.97 Å². The Morgan fingerprint density at radius 2 is 1.96 bits per heavy atom. The lowest BCUT2D eigenvalue weighted by Crippen LogP contribution is -2.23. The number of anilines is 1. The van der Waals surface area contributed by atoms with Crippen molar-refractivity contribution in [2.75, 3.05) is 11.9 Å². The summed E-state index contributed by atoms with van der Waals surface area (Å²) in [4.78, 5) is 24.5. The van der Waals surface area contributed by atoms with E-state index in [9.17, 15) is 14.7 Å².